The smallest absolute Gasteiger partial charge is 0.194 e. The summed E-state index contributed by atoms with van der Waals surface area (Å²) in [5, 5.41) is 2.06. The van der Waals surface area contributed by atoms with Crippen LogP contribution in [0.1, 0.15) is 10.6 Å². The Bertz CT molecular complexity index is 619. The molecule has 16 heavy (non-hydrogen) atoms. The molecule has 5 heteroatoms. The molecule has 0 unspecified atom stereocenters. The summed E-state index contributed by atoms with van der Waals surface area (Å²) in [6.07, 6.45) is 2.10. The number of fused-ring (bicyclic) bond motifs is 1. The molecule has 82 valence electrons. The van der Waals surface area contributed by atoms with Crippen molar-refractivity contribution in [3.63, 3.8) is 0 Å². The van der Waals surface area contributed by atoms with Crippen LogP contribution in [0.25, 0.3) is 15.5 Å². The molecule has 0 spiro atoms. The van der Waals surface area contributed by atoms with Crippen molar-refractivity contribution in [3.8, 4) is 10.6 Å². The monoisotopic (exact) mass is 249 g/mol. The Hall–Kier alpha value is -1.17. The molecule has 2 N–H and O–H groups in total. The predicted octanol–water partition coefficient (Wildman–Crippen LogP) is 2.89. The highest BCUT2D eigenvalue weighted by molar-refractivity contribution is 7.17. The maximum Gasteiger partial charge on any atom is 0.194 e. The van der Waals surface area contributed by atoms with E-state index in [9.17, 15) is 0 Å². The van der Waals surface area contributed by atoms with Gasteiger partial charge in [0.05, 0.1) is 10.6 Å². The van der Waals surface area contributed by atoms with Gasteiger partial charge in [0.25, 0.3) is 0 Å². The minimum Gasteiger partial charge on any atom is -0.325 e. The van der Waals surface area contributed by atoms with E-state index in [-0.39, 0.29) is 0 Å². The Balaban J connectivity index is 2.29. The van der Waals surface area contributed by atoms with Gasteiger partial charge in [-0.1, -0.05) is 6.07 Å². The fourth-order valence-corrected chi connectivity index (χ4v) is 3.39. The molecule has 3 aromatic heterocycles. The summed E-state index contributed by atoms with van der Waals surface area (Å²) in [6, 6.07) is 4.13. The molecule has 0 aliphatic rings. The Labute approximate surface area is 101 Å². The lowest BCUT2D eigenvalue weighted by molar-refractivity contribution is 0.968. The van der Waals surface area contributed by atoms with E-state index in [2.05, 4.69) is 34.0 Å². The number of thiazole rings is 1. The molecular formula is C11H11N3S2. The number of imidazole rings is 1. The number of rotatable bonds is 2. The largest absolute Gasteiger partial charge is 0.325 e. The number of aromatic nitrogens is 2. The van der Waals surface area contributed by atoms with Crippen LogP contribution in [-0.2, 0) is 6.54 Å². The van der Waals surface area contributed by atoms with Crippen molar-refractivity contribution in [2.45, 2.75) is 13.5 Å². The fraction of sp³-hybridized carbons (Fsp3) is 0.182. The van der Waals surface area contributed by atoms with Crippen molar-refractivity contribution < 1.29 is 0 Å². The third-order valence-electron chi connectivity index (χ3n) is 2.49. The van der Waals surface area contributed by atoms with Crippen LogP contribution in [0.3, 0.4) is 0 Å². The fourth-order valence-electron chi connectivity index (χ4n) is 1.81. The third kappa shape index (κ3) is 1.40. The minimum atomic E-state index is 0.518. The summed E-state index contributed by atoms with van der Waals surface area (Å²) in [5.74, 6) is 0. The average Bonchev–Trinajstić information content (AvgIpc) is 2.90. The van der Waals surface area contributed by atoms with Gasteiger partial charge in [0.2, 0.25) is 0 Å². The summed E-state index contributed by atoms with van der Waals surface area (Å²) >= 11 is 3.40. The second-order valence-corrected chi connectivity index (χ2v) is 5.74. The lowest BCUT2D eigenvalue weighted by Crippen LogP contribution is -2.01. The average molecular weight is 249 g/mol. The van der Waals surface area contributed by atoms with Crippen molar-refractivity contribution in [1.29, 1.82) is 0 Å². The van der Waals surface area contributed by atoms with E-state index in [4.69, 9.17) is 5.73 Å². The summed E-state index contributed by atoms with van der Waals surface area (Å²) in [6.45, 7) is 2.61. The Morgan fingerprint density at radius 3 is 3.06 bits per heavy atom. The van der Waals surface area contributed by atoms with Gasteiger partial charge >= 0.3 is 0 Å². The zero-order valence-electron chi connectivity index (χ0n) is 8.80. The molecule has 0 saturated carbocycles. The van der Waals surface area contributed by atoms with Gasteiger partial charge < -0.3 is 5.73 Å². The van der Waals surface area contributed by atoms with Gasteiger partial charge in [-0.2, -0.15) is 0 Å². The maximum absolute atomic E-state index is 5.82. The van der Waals surface area contributed by atoms with Crippen LogP contribution < -0.4 is 5.73 Å². The first-order valence-corrected chi connectivity index (χ1v) is 6.70. The molecule has 0 saturated heterocycles. The Morgan fingerprint density at radius 2 is 2.38 bits per heavy atom. The molecule has 0 aliphatic carbocycles. The lowest BCUT2D eigenvalue weighted by Gasteiger charge is -1.97. The first-order chi connectivity index (χ1) is 7.79. The van der Waals surface area contributed by atoms with E-state index in [0.717, 1.165) is 16.3 Å². The van der Waals surface area contributed by atoms with Crippen LogP contribution in [0.4, 0.5) is 0 Å². The van der Waals surface area contributed by atoms with Crippen molar-refractivity contribution in [2.24, 2.45) is 5.73 Å². The van der Waals surface area contributed by atoms with Crippen LogP contribution in [0.5, 0.6) is 0 Å². The molecule has 0 amide bonds. The minimum absolute atomic E-state index is 0.518. The van der Waals surface area contributed by atoms with Gasteiger partial charge in [-0.25, -0.2) is 4.98 Å². The summed E-state index contributed by atoms with van der Waals surface area (Å²) in [7, 11) is 0. The molecule has 0 bridgehead atoms. The standard InChI is InChI=1S/C11H11N3S2/c1-7-6-14-8(5-12)10(13-11(14)16-7)9-3-2-4-15-9/h2-4,6H,5,12H2,1H3. The number of hydrogen-bond donors (Lipinski definition) is 1. The molecule has 0 aliphatic heterocycles. The van der Waals surface area contributed by atoms with Crippen LogP contribution in [-0.4, -0.2) is 9.38 Å². The van der Waals surface area contributed by atoms with E-state index < -0.39 is 0 Å². The van der Waals surface area contributed by atoms with Crippen LogP contribution in [0.2, 0.25) is 0 Å². The first-order valence-electron chi connectivity index (χ1n) is 5.01. The highest BCUT2D eigenvalue weighted by Gasteiger charge is 2.14. The van der Waals surface area contributed by atoms with E-state index in [1.54, 1.807) is 22.7 Å². The highest BCUT2D eigenvalue weighted by atomic mass is 32.1. The van der Waals surface area contributed by atoms with Gasteiger partial charge in [0.1, 0.15) is 5.69 Å². The first kappa shape index (κ1) is 10.0. The number of nitrogens with two attached hydrogens (primary N) is 1. The Kier molecular flexibility index (Phi) is 2.31. The predicted molar refractivity (Wildman–Crippen MR) is 69.0 cm³/mol. The number of nitrogens with zero attached hydrogens (tertiary/aromatic N) is 2. The van der Waals surface area contributed by atoms with Crippen molar-refractivity contribution in [2.75, 3.05) is 0 Å². The van der Waals surface area contributed by atoms with Crippen molar-refractivity contribution in [3.05, 3.63) is 34.3 Å². The van der Waals surface area contributed by atoms with Gasteiger partial charge in [-0.15, -0.1) is 22.7 Å². The molecule has 3 heterocycles. The number of aryl methyl sites for hydroxylation is 1. The number of hydrogen-bond acceptors (Lipinski definition) is 4. The molecule has 0 atom stereocenters. The summed E-state index contributed by atoms with van der Waals surface area (Å²) < 4.78 is 2.11. The molecule has 3 nitrogen and oxygen atoms in total. The molecule has 3 rings (SSSR count). The molecule has 0 fully saturated rings. The van der Waals surface area contributed by atoms with E-state index in [1.165, 1.54) is 9.75 Å². The zero-order chi connectivity index (χ0) is 11.1. The number of thiophene rings is 1. The topological polar surface area (TPSA) is 43.3 Å². The summed E-state index contributed by atoms with van der Waals surface area (Å²) in [4.78, 5) is 8.14. The second kappa shape index (κ2) is 3.69. The highest BCUT2D eigenvalue weighted by Crippen LogP contribution is 2.30. The quantitative estimate of drug-likeness (QED) is 0.759. The van der Waals surface area contributed by atoms with E-state index in [0.29, 0.717) is 6.54 Å². The third-order valence-corrected chi connectivity index (χ3v) is 4.26. The van der Waals surface area contributed by atoms with Crippen LogP contribution in [0.15, 0.2) is 23.7 Å². The van der Waals surface area contributed by atoms with Gasteiger partial charge in [0.15, 0.2) is 4.96 Å². The van der Waals surface area contributed by atoms with Crippen LogP contribution >= 0.6 is 22.7 Å². The summed E-state index contributed by atoms with van der Waals surface area (Å²) in [5.41, 5.74) is 7.96. The molecule has 3 aromatic rings. The molecule has 0 radical (unpaired) electrons. The second-order valence-electron chi connectivity index (χ2n) is 3.58. The lowest BCUT2D eigenvalue weighted by atomic mass is 10.3. The van der Waals surface area contributed by atoms with Crippen molar-refractivity contribution >= 4 is 27.6 Å². The zero-order valence-corrected chi connectivity index (χ0v) is 10.4. The SMILES string of the molecule is Cc1cn2c(CN)c(-c3cccs3)nc2s1. The van der Waals surface area contributed by atoms with Gasteiger partial charge in [-0.3, -0.25) is 4.40 Å². The van der Waals surface area contributed by atoms with Crippen molar-refractivity contribution in [1.82, 2.24) is 9.38 Å². The molecular weight excluding hydrogens is 238 g/mol. The molecule has 0 aromatic carbocycles. The van der Waals surface area contributed by atoms with Gasteiger partial charge in [0, 0.05) is 17.6 Å². The van der Waals surface area contributed by atoms with Crippen LogP contribution in [0, 0.1) is 6.92 Å². The van der Waals surface area contributed by atoms with E-state index >= 15 is 0 Å². The van der Waals surface area contributed by atoms with Gasteiger partial charge in [-0.05, 0) is 18.4 Å². The van der Waals surface area contributed by atoms with E-state index in [1.807, 2.05) is 6.07 Å². The maximum atomic E-state index is 5.82. The normalized spacial score (nSPS) is 11.4. The Morgan fingerprint density at radius 1 is 1.50 bits per heavy atom.